The van der Waals surface area contributed by atoms with E-state index in [-0.39, 0.29) is 6.04 Å². The third kappa shape index (κ3) is 3.02. The van der Waals surface area contributed by atoms with E-state index in [4.69, 9.17) is 17.3 Å². The van der Waals surface area contributed by atoms with E-state index in [2.05, 4.69) is 21.0 Å². The molecule has 0 aliphatic carbocycles. The van der Waals surface area contributed by atoms with E-state index >= 15 is 0 Å². The van der Waals surface area contributed by atoms with Crippen molar-refractivity contribution in [3.8, 4) is 5.69 Å². The SMILES string of the molecule is NC(c1cnn(-c2ccccc2)c1)c1ccc(Br)cc1Cl. The summed E-state index contributed by atoms with van der Waals surface area (Å²) in [6.07, 6.45) is 3.70. The Hall–Kier alpha value is -1.62. The molecule has 106 valence electrons. The Morgan fingerprint density at radius 3 is 2.62 bits per heavy atom. The van der Waals surface area contributed by atoms with Crippen molar-refractivity contribution in [2.24, 2.45) is 5.73 Å². The van der Waals surface area contributed by atoms with Gasteiger partial charge in [-0.1, -0.05) is 51.8 Å². The number of nitrogens with two attached hydrogens (primary N) is 1. The smallest absolute Gasteiger partial charge is 0.0645 e. The first-order chi connectivity index (χ1) is 10.1. The Kier molecular flexibility index (Phi) is 4.10. The second-order valence-electron chi connectivity index (χ2n) is 4.70. The average molecular weight is 363 g/mol. The first-order valence-electron chi connectivity index (χ1n) is 6.45. The van der Waals surface area contributed by atoms with Crippen LogP contribution in [0, 0.1) is 0 Å². The summed E-state index contributed by atoms with van der Waals surface area (Å²) in [5.41, 5.74) is 9.10. The molecule has 3 aromatic rings. The maximum Gasteiger partial charge on any atom is 0.0645 e. The number of halogens is 2. The molecule has 3 rings (SSSR count). The quantitative estimate of drug-likeness (QED) is 0.753. The third-order valence-corrected chi connectivity index (χ3v) is 4.10. The third-order valence-electron chi connectivity index (χ3n) is 3.28. The van der Waals surface area contributed by atoms with Crippen LogP contribution in [0.3, 0.4) is 0 Å². The highest BCUT2D eigenvalue weighted by atomic mass is 79.9. The molecule has 1 unspecified atom stereocenters. The Morgan fingerprint density at radius 1 is 1.14 bits per heavy atom. The summed E-state index contributed by atoms with van der Waals surface area (Å²) in [6.45, 7) is 0. The fourth-order valence-electron chi connectivity index (χ4n) is 2.15. The molecule has 0 amide bonds. The maximum atomic E-state index is 6.31. The molecule has 1 heterocycles. The predicted octanol–water partition coefficient (Wildman–Crippen LogP) is 4.34. The molecule has 0 saturated heterocycles. The second kappa shape index (κ2) is 6.02. The zero-order valence-corrected chi connectivity index (χ0v) is 13.4. The molecule has 0 aliphatic heterocycles. The van der Waals surface area contributed by atoms with Gasteiger partial charge in [-0.25, -0.2) is 4.68 Å². The number of rotatable bonds is 3. The lowest BCUT2D eigenvalue weighted by atomic mass is 10.0. The van der Waals surface area contributed by atoms with E-state index in [9.17, 15) is 0 Å². The van der Waals surface area contributed by atoms with E-state index in [1.165, 1.54) is 0 Å². The number of nitrogens with zero attached hydrogens (tertiary/aromatic N) is 2. The van der Waals surface area contributed by atoms with Crippen LogP contribution in [-0.2, 0) is 0 Å². The molecule has 0 radical (unpaired) electrons. The topological polar surface area (TPSA) is 43.8 Å². The van der Waals surface area contributed by atoms with Crippen molar-refractivity contribution < 1.29 is 0 Å². The fraction of sp³-hybridized carbons (Fsp3) is 0.0625. The molecular weight excluding hydrogens is 350 g/mol. The normalized spacial score (nSPS) is 12.3. The molecule has 0 bridgehead atoms. The molecule has 2 aromatic carbocycles. The van der Waals surface area contributed by atoms with Gasteiger partial charge in [-0.15, -0.1) is 0 Å². The molecule has 21 heavy (non-hydrogen) atoms. The summed E-state index contributed by atoms with van der Waals surface area (Å²) in [6, 6.07) is 15.3. The van der Waals surface area contributed by atoms with E-state index < -0.39 is 0 Å². The summed E-state index contributed by atoms with van der Waals surface area (Å²) in [5, 5.41) is 5.01. The zero-order valence-electron chi connectivity index (χ0n) is 11.1. The average Bonchev–Trinajstić information content (AvgIpc) is 2.97. The largest absolute Gasteiger partial charge is 0.320 e. The van der Waals surface area contributed by atoms with Gasteiger partial charge in [0.25, 0.3) is 0 Å². The fourth-order valence-corrected chi connectivity index (χ4v) is 2.94. The van der Waals surface area contributed by atoms with Crippen LogP contribution in [0.4, 0.5) is 0 Å². The highest BCUT2D eigenvalue weighted by molar-refractivity contribution is 9.10. The summed E-state index contributed by atoms with van der Waals surface area (Å²) in [4.78, 5) is 0. The Balaban J connectivity index is 1.92. The van der Waals surface area contributed by atoms with Crippen molar-refractivity contribution in [2.45, 2.75) is 6.04 Å². The summed E-state index contributed by atoms with van der Waals surface area (Å²) >= 11 is 9.66. The van der Waals surface area contributed by atoms with Gasteiger partial charge in [0.2, 0.25) is 0 Å². The minimum Gasteiger partial charge on any atom is -0.320 e. The molecule has 0 aliphatic rings. The van der Waals surface area contributed by atoms with Gasteiger partial charge < -0.3 is 5.73 Å². The van der Waals surface area contributed by atoms with Crippen LogP contribution >= 0.6 is 27.5 Å². The Bertz CT molecular complexity index is 755. The first kappa shape index (κ1) is 14.3. The van der Waals surface area contributed by atoms with Crippen LogP contribution in [-0.4, -0.2) is 9.78 Å². The van der Waals surface area contributed by atoms with Crippen molar-refractivity contribution in [1.82, 2.24) is 9.78 Å². The monoisotopic (exact) mass is 361 g/mol. The van der Waals surface area contributed by atoms with E-state index in [1.807, 2.05) is 59.4 Å². The van der Waals surface area contributed by atoms with Gasteiger partial charge in [-0.2, -0.15) is 5.10 Å². The number of benzene rings is 2. The van der Waals surface area contributed by atoms with Crippen molar-refractivity contribution in [3.05, 3.63) is 81.5 Å². The van der Waals surface area contributed by atoms with Crippen molar-refractivity contribution in [3.63, 3.8) is 0 Å². The van der Waals surface area contributed by atoms with Crippen LogP contribution < -0.4 is 5.73 Å². The highest BCUT2D eigenvalue weighted by Gasteiger charge is 2.15. The molecule has 1 atom stereocenters. The van der Waals surface area contributed by atoms with Gasteiger partial charge in [0, 0.05) is 21.3 Å². The molecular formula is C16H13BrClN3. The molecule has 3 nitrogen and oxygen atoms in total. The second-order valence-corrected chi connectivity index (χ2v) is 6.02. The van der Waals surface area contributed by atoms with Crippen LogP contribution in [0.5, 0.6) is 0 Å². The van der Waals surface area contributed by atoms with Crippen molar-refractivity contribution >= 4 is 27.5 Å². The van der Waals surface area contributed by atoms with Gasteiger partial charge in [-0.3, -0.25) is 0 Å². The molecule has 1 aromatic heterocycles. The number of para-hydroxylation sites is 1. The van der Waals surface area contributed by atoms with Gasteiger partial charge in [0.1, 0.15) is 0 Å². The molecule has 2 N–H and O–H groups in total. The molecule has 0 saturated carbocycles. The Labute approximate surface area is 136 Å². The number of hydrogen-bond acceptors (Lipinski definition) is 2. The van der Waals surface area contributed by atoms with Crippen LogP contribution in [0.15, 0.2) is 65.4 Å². The van der Waals surface area contributed by atoms with Crippen LogP contribution in [0.25, 0.3) is 5.69 Å². The minimum absolute atomic E-state index is 0.303. The Morgan fingerprint density at radius 2 is 1.90 bits per heavy atom. The summed E-state index contributed by atoms with van der Waals surface area (Å²) in [7, 11) is 0. The molecule has 0 spiro atoms. The van der Waals surface area contributed by atoms with Gasteiger partial charge in [-0.05, 0) is 29.8 Å². The molecule has 0 fully saturated rings. The number of aromatic nitrogens is 2. The highest BCUT2D eigenvalue weighted by Crippen LogP contribution is 2.29. The van der Waals surface area contributed by atoms with E-state index in [0.29, 0.717) is 5.02 Å². The zero-order chi connectivity index (χ0) is 14.8. The van der Waals surface area contributed by atoms with E-state index in [1.54, 1.807) is 6.20 Å². The van der Waals surface area contributed by atoms with Gasteiger partial charge >= 0.3 is 0 Å². The first-order valence-corrected chi connectivity index (χ1v) is 7.63. The van der Waals surface area contributed by atoms with Crippen molar-refractivity contribution in [1.29, 1.82) is 0 Å². The van der Waals surface area contributed by atoms with E-state index in [0.717, 1.165) is 21.3 Å². The lowest BCUT2D eigenvalue weighted by molar-refractivity contribution is 0.861. The molecule has 5 heteroatoms. The minimum atomic E-state index is -0.303. The van der Waals surface area contributed by atoms with Crippen molar-refractivity contribution in [2.75, 3.05) is 0 Å². The van der Waals surface area contributed by atoms with Crippen LogP contribution in [0.2, 0.25) is 5.02 Å². The van der Waals surface area contributed by atoms with Gasteiger partial charge in [0.05, 0.1) is 17.9 Å². The summed E-state index contributed by atoms with van der Waals surface area (Å²) in [5.74, 6) is 0. The van der Waals surface area contributed by atoms with Crippen LogP contribution in [0.1, 0.15) is 17.2 Å². The summed E-state index contributed by atoms with van der Waals surface area (Å²) < 4.78 is 2.74. The standard InChI is InChI=1S/C16H13BrClN3/c17-12-6-7-14(15(18)8-12)16(19)11-9-20-21(10-11)13-4-2-1-3-5-13/h1-10,16H,19H2. The lowest BCUT2D eigenvalue weighted by Crippen LogP contribution is -2.11. The number of hydrogen-bond donors (Lipinski definition) is 1. The maximum absolute atomic E-state index is 6.31. The lowest BCUT2D eigenvalue weighted by Gasteiger charge is -2.12. The predicted molar refractivity (Wildman–Crippen MR) is 88.7 cm³/mol. The van der Waals surface area contributed by atoms with Gasteiger partial charge in [0.15, 0.2) is 0 Å².